The molecule has 10 heteroatoms. The lowest BCUT2D eigenvalue weighted by molar-refractivity contribution is -0.120. The first-order chi connectivity index (χ1) is 13.5. The summed E-state index contributed by atoms with van der Waals surface area (Å²) in [7, 11) is 0. The largest absolute Gasteiger partial charge is 0.396 e. The van der Waals surface area contributed by atoms with Gasteiger partial charge in [-0.2, -0.15) is 0 Å². The van der Waals surface area contributed by atoms with Gasteiger partial charge in [0.15, 0.2) is 0 Å². The highest BCUT2D eigenvalue weighted by atomic mass is 35.5. The Labute approximate surface area is 174 Å². The minimum atomic E-state index is -0.742. The van der Waals surface area contributed by atoms with Crippen LogP contribution in [0.3, 0.4) is 0 Å². The standard InChI is InChI=1S/C18H16Cl2N4O3S/c19-14-15-13(28-16(14)20)8-10(22-15)17(26)23-11-7-9-12(3-1-4-21-9)24(18(11)27)5-2-6-25/h1,3-4,8,11,22,25H,2,5-7H2,(H,23,26). The maximum atomic E-state index is 12.9. The molecule has 0 aromatic carbocycles. The van der Waals surface area contributed by atoms with Crippen molar-refractivity contribution in [1.82, 2.24) is 15.3 Å². The van der Waals surface area contributed by atoms with Gasteiger partial charge in [0.05, 0.1) is 26.6 Å². The van der Waals surface area contributed by atoms with Crippen LogP contribution in [0.4, 0.5) is 5.69 Å². The number of anilines is 1. The number of aliphatic hydroxyl groups excluding tert-OH is 1. The molecule has 4 heterocycles. The summed E-state index contributed by atoms with van der Waals surface area (Å²) in [6.45, 7) is 0.325. The molecule has 4 rings (SSSR count). The number of halogens is 2. The number of pyridine rings is 1. The molecular weight excluding hydrogens is 423 g/mol. The van der Waals surface area contributed by atoms with Gasteiger partial charge in [-0.25, -0.2) is 0 Å². The zero-order valence-electron chi connectivity index (χ0n) is 14.5. The summed E-state index contributed by atoms with van der Waals surface area (Å²) >= 11 is 13.4. The summed E-state index contributed by atoms with van der Waals surface area (Å²) in [6.07, 6.45) is 2.40. The van der Waals surface area contributed by atoms with E-state index in [2.05, 4.69) is 15.3 Å². The molecule has 3 aromatic rings. The van der Waals surface area contributed by atoms with E-state index in [0.717, 1.165) is 10.4 Å². The summed E-state index contributed by atoms with van der Waals surface area (Å²) in [6, 6.07) is 4.50. The van der Waals surface area contributed by atoms with Crippen LogP contribution in [0.2, 0.25) is 9.36 Å². The first kappa shape index (κ1) is 19.2. The average molecular weight is 439 g/mol. The number of amides is 2. The van der Waals surface area contributed by atoms with Crippen LogP contribution >= 0.6 is 34.5 Å². The Bertz CT molecular complexity index is 1060. The predicted molar refractivity (Wildman–Crippen MR) is 109 cm³/mol. The van der Waals surface area contributed by atoms with Crippen LogP contribution in [0, 0.1) is 0 Å². The smallest absolute Gasteiger partial charge is 0.268 e. The van der Waals surface area contributed by atoms with Gasteiger partial charge in [-0.05, 0) is 24.6 Å². The van der Waals surface area contributed by atoms with Crippen molar-refractivity contribution in [2.24, 2.45) is 0 Å². The Kier molecular flexibility index (Phi) is 5.29. The minimum absolute atomic E-state index is 0.0288. The second-order valence-corrected chi connectivity index (χ2v) is 8.41. The second-order valence-electron chi connectivity index (χ2n) is 6.38. The Hall–Kier alpha value is -2.13. The monoisotopic (exact) mass is 438 g/mol. The molecule has 1 aliphatic rings. The number of nitrogens with zero attached hydrogens (tertiary/aromatic N) is 2. The Morgan fingerprint density at radius 3 is 3.04 bits per heavy atom. The predicted octanol–water partition coefficient (Wildman–Crippen LogP) is 3.00. The lowest BCUT2D eigenvalue weighted by Crippen LogP contribution is -2.53. The number of aliphatic hydroxyl groups is 1. The van der Waals surface area contributed by atoms with Crippen molar-refractivity contribution in [3.63, 3.8) is 0 Å². The van der Waals surface area contributed by atoms with E-state index in [1.165, 1.54) is 11.3 Å². The first-order valence-electron chi connectivity index (χ1n) is 8.63. The summed E-state index contributed by atoms with van der Waals surface area (Å²) in [5.74, 6) is -0.632. The lowest BCUT2D eigenvalue weighted by atomic mass is 10.0. The second kappa shape index (κ2) is 7.71. The maximum absolute atomic E-state index is 12.9. The Morgan fingerprint density at radius 2 is 2.29 bits per heavy atom. The minimum Gasteiger partial charge on any atom is -0.396 e. The molecule has 1 aliphatic heterocycles. The summed E-state index contributed by atoms with van der Waals surface area (Å²) in [4.78, 5) is 34.5. The third-order valence-electron chi connectivity index (χ3n) is 4.58. The summed E-state index contributed by atoms with van der Waals surface area (Å²) < 4.78 is 1.23. The topological polar surface area (TPSA) is 98.3 Å². The van der Waals surface area contributed by atoms with Crippen molar-refractivity contribution >= 4 is 62.3 Å². The fourth-order valence-corrected chi connectivity index (χ4v) is 4.75. The number of hydrogen-bond donors (Lipinski definition) is 3. The van der Waals surface area contributed by atoms with Crippen molar-refractivity contribution < 1.29 is 14.7 Å². The molecule has 7 nitrogen and oxygen atoms in total. The van der Waals surface area contributed by atoms with Gasteiger partial charge in [0.1, 0.15) is 16.1 Å². The highest BCUT2D eigenvalue weighted by molar-refractivity contribution is 7.23. The van der Waals surface area contributed by atoms with E-state index in [9.17, 15) is 9.59 Å². The molecule has 1 unspecified atom stereocenters. The summed E-state index contributed by atoms with van der Waals surface area (Å²) in [5, 5.41) is 12.3. The number of thiophene rings is 1. The highest BCUT2D eigenvalue weighted by Crippen LogP contribution is 2.38. The molecule has 28 heavy (non-hydrogen) atoms. The van der Waals surface area contributed by atoms with Crippen LogP contribution in [0.1, 0.15) is 22.6 Å². The van der Waals surface area contributed by atoms with Gasteiger partial charge in [0.2, 0.25) is 5.91 Å². The van der Waals surface area contributed by atoms with E-state index in [-0.39, 0.29) is 12.5 Å². The first-order valence-corrected chi connectivity index (χ1v) is 10.2. The Morgan fingerprint density at radius 1 is 1.46 bits per heavy atom. The number of aromatic amines is 1. The normalized spacial score (nSPS) is 16.5. The fraction of sp³-hybridized carbons (Fsp3) is 0.278. The molecular formula is C18H16Cl2N4O3S. The molecule has 0 radical (unpaired) electrons. The zero-order valence-corrected chi connectivity index (χ0v) is 16.9. The molecule has 146 valence electrons. The number of carbonyl (C=O) groups excluding carboxylic acids is 2. The number of fused-ring (bicyclic) bond motifs is 2. The van der Waals surface area contributed by atoms with Crippen LogP contribution in [-0.4, -0.2) is 46.1 Å². The van der Waals surface area contributed by atoms with E-state index >= 15 is 0 Å². The maximum Gasteiger partial charge on any atom is 0.268 e. The summed E-state index contributed by atoms with van der Waals surface area (Å²) in [5.41, 5.74) is 2.36. The Balaban J connectivity index is 1.57. The van der Waals surface area contributed by atoms with Crippen LogP contribution in [-0.2, 0) is 11.2 Å². The van der Waals surface area contributed by atoms with Gasteiger partial charge in [0.25, 0.3) is 5.91 Å². The van der Waals surface area contributed by atoms with Crippen LogP contribution in [0.15, 0.2) is 24.4 Å². The van der Waals surface area contributed by atoms with Gasteiger partial charge in [0, 0.05) is 25.8 Å². The third kappa shape index (κ3) is 3.37. The highest BCUT2D eigenvalue weighted by Gasteiger charge is 2.34. The number of H-pyrrole nitrogens is 1. The van der Waals surface area contributed by atoms with Gasteiger partial charge in [-0.15, -0.1) is 11.3 Å². The van der Waals surface area contributed by atoms with E-state index < -0.39 is 11.9 Å². The zero-order chi connectivity index (χ0) is 19.8. The quantitative estimate of drug-likeness (QED) is 0.569. The molecule has 0 saturated heterocycles. The SMILES string of the molecule is O=C(NC1Cc2ncccc2N(CCCO)C1=O)c1cc2sc(Cl)c(Cl)c2[nH]1. The number of carbonyl (C=O) groups is 2. The molecule has 3 aromatic heterocycles. The number of hydrogen-bond acceptors (Lipinski definition) is 5. The van der Waals surface area contributed by atoms with Gasteiger partial charge < -0.3 is 20.3 Å². The molecule has 2 amide bonds. The van der Waals surface area contributed by atoms with E-state index in [4.69, 9.17) is 28.3 Å². The van der Waals surface area contributed by atoms with E-state index in [1.54, 1.807) is 23.2 Å². The van der Waals surface area contributed by atoms with Crippen molar-refractivity contribution in [1.29, 1.82) is 0 Å². The van der Waals surface area contributed by atoms with E-state index in [0.29, 0.717) is 45.6 Å². The average Bonchev–Trinajstić information content (AvgIpc) is 3.21. The van der Waals surface area contributed by atoms with Crippen molar-refractivity contribution in [2.75, 3.05) is 18.1 Å². The van der Waals surface area contributed by atoms with Crippen molar-refractivity contribution in [3.8, 4) is 0 Å². The number of nitrogens with one attached hydrogen (secondary N) is 2. The third-order valence-corrected chi connectivity index (χ3v) is 6.51. The van der Waals surface area contributed by atoms with Crippen molar-refractivity contribution in [2.45, 2.75) is 18.9 Å². The lowest BCUT2D eigenvalue weighted by Gasteiger charge is -2.33. The van der Waals surface area contributed by atoms with Crippen LogP contribution in [0.25, 0.3) is 10.2 Å². The van der Waals surface area contributed by atoms with Crippen LogP contribution < -0.4 is 10.2 Å². The van der Waals surface area contributed by atoms with Gasteiger partial charge >= 0.3 is 0 Å². The molecule has 0 fully saturated rings. The number of rotatable bonds is 5. The van der Waals surface area contributed by atoms with E-state index in [1.807, 2.05) is 6.07 Å². The molecule has 0 saturated carbocycles. The molecule has 3 N–H and O–H groups in total. The fourth-order valence-electron chi connectivity index (χ4n) is 3.27. The van der Waals surface area contributed by atoms with Crippen molar-refractivity contribution in [3.05, 3.63) is 45.1 Å². The van der Waals surface area contributed by atoms with Gasteiger partial charge in [-0.3, -0.25) is 14.6 Å². The molecule has 0 aliphatic carbocycles. The molecule has 0 spiro atoms. The molecule has 1 atom stereocenters. The van der Waals surface area contributed by atoms with Crippen LogP contribution in [0.5, 0.6) is 0 Å². The number of aromatic nitrogens is 2. The van der Waals surface area contributed by atoms with Gasteiger partial charge in [-0.1, -0.05) is 23.2 Å². The molecule has 0 bridgehead atoms.